The Morgan fingerprint density at radius 2 is 1.71 bits per heavy atom. The summed E-state index contributed by atoms with van der Waals surface area (Å²) >= 11 is 0. The fraction of sp³-hybridized carbons (Fsp3) is 0.348. The third kappa shape index (κ3) is 3.01. The van der Waals surface area contributed by atoms with E-state index in [0.29, 0.717) is 0 Å². The standard InChI is InChI=1S/C23H26N4O/c1-28-16-6-11-26-12-14-27(15-13-26)23-18-8-3-5-10-20(18)24-21-17-7-2-4-9-19(17)25-22(21)23/h2-5,7-10,25H,6,11-16H2,1H3. The Hall–Kier alpha value is -2.63. The number of anilines is 1. The molecule has 0 bridgehead atoms. The SMILES string of the molecule is COCCCN1CCN(c2c3ccccc3nc3c2[nH]c2ccccc23)CC1. The van der Waals surface area contributed by atoms with Gasteiger partial charge in [-0.1, -0.05) is 36.4 Å². The van der Waals surface area contributed by atoms with E-state index in [1.807, 2.05) is 0 Å². The third-order valence-corrected chi connectivity index (χ3v) is 5.82. The maximum Gasteiger partial charge on any atom is 0.0986 e. The second kappa shape index (κ2) is 7.41. The molecule has 1 saturated heterocycles. The lowest BCUT2D eigenvalue weighted by Gasteiger charge is -2.36. The van der Waals surface area contributed by atoms with Crippen molar-refractivity contribution in [3.8, 4) is 0 Å². The van der Waals surface area contributed by atoms with E-state index < -0.39 is 0 Å². The van der Waals surface area contributed by atoms with Crippen LogP contribution in [0.5, 0.6) is 0 Å². The van der Waals surface area contributed by atoms with Gasteiger partial charge in [-0.2, -0.15) is 0 Å². The highest BCUT2D eigenvalue weighted by atomic mass is 16.5. The van der Waals surface area contributed by atoms with Crippen LogP contribution in [0.15, 0.2) is 48.5 Å². The Balaban J connectivity index is 1.56. The normalized spacial score (nSPS) is 15.8. The molecule has 0 radical (unpaired) electrons. The molecule has 0 unspecified atom stereocenters. The summed E-state index contributed by atoms with van der Waals surface area (Å²) in [6.45, 7) is 6.19. The van der Waals surface area contributed by atoms with Gasteiger partial charge in [0.1, 0.15) is 0 Å². The topological polar surface area (TPSA) is 44.4 Å². The molecule has 0 amide bonds. The van der Waals surface area contributed by atoms with E-state index >= 15 is 0 Å². The molecule has 28 heavy (non-hydrogen) atoms. The van der Waals surface area contributed by atoms with Crippen molar-refractivity contribution in [2.24, 2.45) is 0 Å². The summed E-state index contributed by atoms with van der Waals surface area (Å²) in [5.74, 6) is 0. The predicted octanol–water partition coefficient (Wildman–Crippen LogP) is 4.03. The number of aromatic amines is 1. The molecule has 4 aromatic rings. The van der Waals surface area contributed by atoms with E-state index in [4.69, 9.17) is 9.72 Å². The number of methoxy groups -OCH3 is 1. The summed E-state index contributed by atoms with van der Waals surface area (Å²) < 4.78 is 5.20. The molecule has 1 N–H and O–H groups in total. The van der Waals surface area contributed by atoms with Crippen LogP contribution in [0.25, 0.3) is 32.8 Å². The second-order valence-electron chi connectivity index (χ2n) is 7.55. The molecule has 0 saturated carbocycles. The first-order valence-corrected chi connectivity index (χ1v) is 10.1. The first-order chi connectivity index (χ1) is 13.8. The van der Waals surface area contributed by atoms with Crippen LogP contribution in [0, 0.1) is 0 Å². The first-order valence-electron chi connectivity index (χ1n) is 10.1. The number of nitrogens with zero attached hydrogens (tertiary/aromatic N) is 3. The van der Waals surface area contributed by atoms with Crippen molar-refractivity contribution in [3.05, 3.63) is 48.5 Å². The van der Waals surface area contributed by atoms with Crippen LogP contribution in [0.1, 0.15) is 6.42 Å². The minimum atomic E-state index is 0.838. The number of fused-ring (bicyclic) bond motifs is 4. The second-order valence-corrected chi connectivity index (χ2v) is 7.55. The van der Waals surface area contributed by atoms with Crippen molar-refractivity contribution in [3.63, 3.8) is 0 Å². The molecule has 2 aromatic carbocycles. The van der Waals surface area contributed by atoms with Crippen LogP contribution in [0.3, 0.4) is 0 Å². The summed E-state index contributed by atoms with van der Waals surface area (Å²) in [5.41, 5.74) is 5.75. The van der Waals surface area contributed by atoms with Crippen LogP contribution < -0.4 is 4.90 Å². The third-order valence-electron chi connectivity index (χ3n) is 5.82. The summed E-state index contributed by atoms with van der Waals surface area (Å²) in [6, 6.07) is 17.0. The van der Waals surface area contributed by atoms with Gasteiger partial charge in [0.25, 0.3) is 0 Å². The number of rotatable bonds is 5. The van der Waals surface area contributed by atoms with Gasteiger partial charge in [0.2, 0.25) is 0 Å². The number of hydrogen-bond donors (Lipinski definition) is 1. The number of hydrogen-bond acceptors (Lipinski definition) is 4. The van der Waals surface area contributed by atoms with Gasteiger partial charge in [-0.05, 0) is 18.6 Å². The molecular weight excluding hydrogens is 348 g/mol. The number of H-pyrrole nitrogens is 1. The smallest absolute Gasteiger partial charge is 0.0986 e. The Morgan fingerprint density at radius 1 is 0.964 bits per heavy atom. The van der Waals surface area contributed by atoms with Gasteiger partial charge in [0.05, 0.1) is 22.2 Å². The van der Waals surface area contributed by atoms with Crippen LogP contribution in [-0.4, -0.2) is 61.3 Å². The minimum Gasteiger partial charge on any atom is -0.385 e. The van der Waals surface area contributed by atoms with E-state index in [0.717, 1.165) is 67.8 Å². The average molecular weight is 374 g/mol. The molecule has 5 rings (SSSR count). The van der Waals surface area contributed by atoms with E-state index in [1.54, 1.807) is 7.11 Å². The summed E-state index contributed by atoms with van der Waals surface area (Å²) in [6.07, 6.45) is 1.10. The molecule has 3 heterocycles. The highest BCUT2D eigenvalue weighted by molar-refractivity contribution is 6.15. The largest absolute Gasteiger partial charge is 0.385 e. The predicted molar refractivity (Wildman–Crippen MR) is 116 cm³/mol. The molecule has 5 heteroatoms. The number of pyridine rings is 1. The highest BCUT2D eigenvalue weighted by Crippen LogP contribution is 2.37. The lowest BCUT2D eigenvalue weighted by Crippen LogP contribution is -2.47. The molecule has 1 fully saturated rings. The fourth-order valence-electron chi connectivity index (χ4n) is 4.40. The minimum absolute atomic E-state index is 0.838. The van der Waals surface area contributed by atoms with Gasteiger partial charge in [0.15, 0.2) is 0 Å². The van der Waals surface area contributed by atoms with Crippen molar-refractivity contribution in [2.45, 2.75) is 6.42 Å². The quantitative estimate of drug-likeness (QED) is 0.536. The van der Waals surface area contributed by atoms with E-state index in [9.17, 15) is 0 Å². The van der Waals surface area contributed by atoms with Gasteiger partial charge < -0.3 is 14.6 Å². The molecule has 0 spiro atoms. The van der Waals surface area contributed by atoms with Crippen molar-refractivity contribution in [1.82, 2.24) is 14.9 Å². The molecule has 5 nitrogen and oxygen atoms in total. The van der Waals surface area contributed by atoms with Crippen molar-refractivity contribution in [2.75, 3.05) is 51.3 Å². The van der Waals surface area contributed by atoms with E-state index in [2.05, 4.69) is 63.3 Å². The van der Waals surface area contributed by atoms with Gasteiger partial charge >= 0.3 is 0 Å². The Kier molecular flexibility index (Phi) is 4.63. The van der Waals surface area contributed by atoms with E-state index in [1.165, 1.54) is 16.5 Å². The maximum atomic E-state index is 5.20. The monoisotopic (exact) mass is 374 g/mol. The molecule has 0 atom stereocenters. The average Bonchev–Trinajstić information content (AvgIpc) is 3.11. The number of para-hydroxylation sites is 2. The number of aromatic nitrogens is 2. The van der Waals surface area contributed by atoms with E-state index in [-0.39, 0.29) is 0 Å². The Bertz CT molecular complexity index is 1110. The summed E-state index contributed by atoms with van der Waals surface area (Å²) in [5, 5.41) is 2.43. The number of piperazine rings is 1. The molecule has 2 aromatic heterocycles. The van der Waals surface area contributed by atoms with Crippen LogP contribution in [0.4, 0.5) is 5.69 Å². The zero-order chi connectivity index (χ0) is 18.9. The fourth-order valence-corrected chi connectivity index (χ4v) is 4.40. The van der Waals surface area contributed by atoms with Gasteiger partial charge in [0, 0.05) is 62.7 Å². The van der Waals surface area contributed by atoms with Crippen LogP contribution in [-0.2, 0) is 4.74 Å². The Labute approximate surface area is 164 Å². The lowest BCUT2D eigenvalue weighted by molar-refractivity contribution is 0.169. The van der Waals surface area contributed by atoms with Gasteiger partial charge in [-0.25, -0.2) is 4.98 Å². The first kappa shape index (κ1) is 17.5. The summed E-state index contributed by atoms with van der Waals surface area (Å²) in [4.78, 5) is 13.7. The van der Waals surface area contributed by atoms with Crippen molar-refractivity contribution in [1.29, 1.82) is 0 Å². The van der Waals surface area contributed by atoms with Gasteiger partial charge in [-0.15, -0.1) is 0 Å². The number of benzene rings is 2. The van der Waals surface area contributed by atoms with Crippen molar-refractivity contribution >= 4 is 38.5 Å². The maximum absolute atomic E-state index is 5.20. The van der Waals surface area contributed by atoms with Crippen molar-refractivity contribution < 1.29 is 4.74 Å². The van der Waals surface area contributed by atoms with Crippen LogP contribution >= 0.6 is 0 Å². The molecule has 144 valence electrons. The van der Waals surface area contributed by atoms with Crippen LogP contribution in [0.2, 0.25) is 0 Å². The van der Waals surface area contributed by atoms with Gasteiger partial charge in [-0.3, -0.25) is 4.90 Å². The Morgan fingerprint density at radius 3 is 2.54 bits per heavy atom. The zero-order valence-corrected chi connectivity index (χ0v) is 16.3. The molecular formula is C23H26N4O. The zero-order valence-electron chi connectivity index (χ0n) is 16.3. The number of nitrogens with one attached hydrogen (secondary N) is 1. The number of ether oxygens (including phenoxy) is 1. The molecule has 1 aliphatic rings. The lowest BCUT2D eigenvalue weighted by atomic mass is 10.1. The molecule has 0 aliphatic carbocycles. The summed E-state index contributed by atoms with van der Waals surface area (Å²) in [7, 11) is 1.78. The highest BCUT2D eigenvalue weighted by Gasteiger charge is 2.22. The molecule has 1 aliphatic heterocycles.